The second-order valence-electron chi connectivity index (χ2n) is 4.74. The molecular weight excluding hydrogens is 232 g/mol. The van der Waals surface area contributed by atoms with Crippen molar-refractivity contribution in [3.8, 4) is 0 Å². The lowest BCUT2D eigenvalue weighted by atomic mass is 9.94. The van der Waals surface area contributed by atoms with E-state index in [4.69, 9.17) is 5.11 Å². The number of benzene rings is 1. The molecule has 1 aliphatic rings. The van der Waals surface area contributed by atoms with Crippen LogP contribution in [0.4, 0.5) is 0 Å². The molecule has 0 aliphatic heterocycles. The van der Waals surface area contributed by atoms with Gasteiger partial charge in [-0.05, 0) is 17.7 Å². The van der Waals surface area contributed by atoms with Crippen LogP contribution in [-0.2, 0) is 9.59 Å². The number of ketones is 2. The van der Waals surface area contributed by atoms with E-state index in [0.717, 1.165) is 0 Å². The molecule has 2 rings (SSSR count). The second kappa shape index (κ2) is 4.37. The first-order valence-corrected chi connectivity index (χ1v) is 5.84. The first kappa shape index (κ1) is 12.5. The van der Waals surface area contributed by atoms with Gasteiger partial charge in [-0.2, -0.15) is 0 Å². The van der Waals surface area contributed by atoms with E-state index in [1.165, 1.54) is 12.1 Å². The summed E-state index contributed by atoms with van der Waals surface area (Å²) in [7, 11) is 0. The van der Waals surface area contributed by atoms with Gasteiger partial charge in [-0.25, -0.2) is 4.79 Å². The molecule has 0 aromatic heterocycles. The summed E-state index contributed by atoms with van der Waals surface area (Å²) in [4.78, 5) is 34.7. The number of Topliss-reactive ketones (excluding diaryl/α,β-unsaturated/α-hetero) is 2. The fraction of sp³-hybridized carbons (Fsp3) is 0.357. The first-order valence-electron chi connectivity index (χ1n) is 5.84. The van der Waals surface area contributed by atoms with E-state index in [2.05, 4.69) is 0 Å². The van der Waals surface area contributed by atoms with Crippen LogP contribution in [0.3, 0.4) is 0 Å². The number of rotatable bonds is 2. The maximum atomic E-state index is 12.0. The van der Waals surface area contributed by atoms with Crippen LogP contribution >= 0.6 is 0 Å². The average Bonchev–Trinajstić information content (AvgIpc) is 2.54. The summed E-state index contributed by atoms with van der Waals surface area (Å²) in [5.74, 6) is -2.42. The highest BCUT2D eigenvalue weighted by Crippen LogP contribution is 2.36. The number of carbonyl (C=O) groups is 3. The van der Waals surface area contributed by atoms with Crippen molar-refractivity contribution in [2.75, 3.05) is 0 Å². The van der Waals surface area contributed by atoms with Gasteiger partial charge in [0.15, 0.2) is 11.6 Å². The van der Waals surface area contributed by atoms with Crippen molar-refractivity contribution in [3.63, 3.8) is 0 Å². The summed E-state index contributed by atoms with van der Waals surface area (Å²) in [6.45, 7) is 3.52. The lowest BCUT2D eigenvalue weighted by molar-refractivity contribution is -0.125. The summed E-state index contributed by atoms with van der Waals surface area (Å²) in [5, 5.41) is 8.80. The molecule has 1 N–H and O–H groups in total. The summed E-state index contributed by atoms with van der Waals surface area (Å²) >= 11 is 0. The van der Waals surface area contributed by atoms with Crippen molar-refractivity contribution in [2.45, 2.75) is 19.8 Å². The Morgan fingerprint density at radius 3 is 1.83 bits per heavy atom. The number of hydrogen-bond donors (Lipinski definition) is 1. The minimum absolute atomic E-state index is 0.0735. The SMILES string of the molecule is CC1C(=O)C(c2ccc(C(=O)O)cc2)C(=O)C1C. The molecule has 1 aromatic rings. The molecule has 0 heterocycles. The van der Waals surface area contributed by atoms with Gasteiger partial charge < -0.3 is 5.11 Å². The van der Waals surface area contributed by atoms with Crippen molar-refractivity contribution in [1.82, 2.24) is 0 Å². The van der Waals surface area contributed by atoms with E-state index >= 15 is 0 Å². The highest BCUT2D eigenvalue weighted by atomic mass is 16.4. The highest BCUT2D eigenvalue weighted by Gasteiger charge is 2.45. The Morgan fingerprint density at radius 2 is 1.44 bits per heavy atom. The molecule has 1 fully saturated rings. The Bertz CT molecular complexity index is 495. The Labute approximate surface area is 105 Å². The number of carboxylic acids is 1. The topological polar surface area (TPSA) is 71.4 Å². The van der Waals surface area contributed by atoms with Crippen molar-refractivity contribution < 1.29 is 19.5 Å². The highest BCUT2D eigenvalue weighted by molar-refractivity contribution is 6.15. The molecule has 0 amide bonds. The molecule has 4 heteroatoms. The van der Waals surface area contributed by atoms with E-state index in [0.29, 0.717) is 5.56 Å². The van der Waals surface area contributed by atoms with Crippen LogP contribution in [0.2, 0.25) is 0 Å². The lowest BCUT2D eigenvalue weighted by Gasteiger charge is -2.08. The van der Waals surface area contributed by atoms with Crippen molar-refractivity contribution >= 4 is 17.5 Å². The zero-order chi connectivity index (χ0) is 13.4. The predicted octanol–water partition coefficient (Wildman–Crippen LogP) is 1.89. The molecule has 4 nitrogen and oxygen atoms in total. The molecule has 0 radical (unpaired) electrons. The number of hydrogen-bond acceptors (Lipinski definition) is 3. The lowest BCUT2D eigenvalue weighted by Crippen LogP contribution is -2.14. The molecule has 0 spiro atoms. The predicted molar refractivity (Wildman–Crippen MR) is 64.5 cm³/mol. The van der Waals surface area contributed by atoms with Crippen molar-refractivity contribution in [1.29, 1.82) is 0 Å². The van der Waals surface area contributed by atoms with E-state index in [9.17, 15) is 14.4 Å². The van der Waals surface area contributed by atoms with Crippen LogP contribution in [0, 0.1) is 11.8 Å². The number of carboxylic acid groups (broad SMARTS) is 1. The Morgan fingerprint density at radius 1 is 1.00 bits per heavy atom. The van der Waals surface area contributed by atoms with Gasteiger partial charge in [0, 0.05) is 11.8 Å². The standard InChI is InChI=1S/C14H14O4/c1-7-8(2)13(16)11(12(7)15)9-3-5-10(6-4-9)14(17)18/h3-8,11H,1-2H3,(H,17,18). The zero-order valence-corrected chi connectivity index (χ0v) is 10.2. The molecule has 1 aromatic carbocycles. The molecule has 1 aliphatic carbocycles. The van der Waals surface area contributed by atoms with Gasteiger partial charge in [0.25, 0.3) is 0 Å². The Kier molecular flexibility index (Phi) is 3.03. The Balaban J connectivity index is 2.35. The van der Waals surface area contributed by atoms with Crippen LogP contribution in [0.5, 0.6) is 0 Å². The van der Waals surface area contributed by atoms with Gasteiger partial charge >= 0.3 is 5.97 Å². The third-order valence-corrected chi connectivity index (χ3v) is 3.71. The minimum atomic E-state index is -1.02. The van der Waals surface area contributed by atoms with Crippen LogP contribution in [0.1, 0.15) is 35.7 Å². The van der Waals surface area contributed by atoms with Gasteiger partial charge in [-0.1, -0.05) is 26.0 Å². The second-order valence-corrected chi connectivity index (χ2v) is 4.74. The molecule has 0 bridgehead atoms. The van der Waals surface area contributed by atoms with E-state index in [1.807, 2.05) is 0 Å². The van der Waals surface area contributed by atoms with Gasteiger partial charge in [0.2, 0.25) is 0 Å². The third-order valence-electron chi connectivity index (χ3n) is 3.71. The minimum Gasteiger partial charge on any atom is -0.478 e. The van der Waals surface area contributed by atoms with Gasteiger partial charge in [0.05, 0.1) is 5.56 Å². The molecule has 0 saturated heterocycles. The molecule has 1 saturated carbocycles. The zero-order valence-electron chi connectivity index (χ0n) is 10.2. The molecular formula is C14H14O4. The Hall–Kier alpha value is -1.97. The van der Waals surface area contributed by atoms with Crippen LogP contribution in [0.25, 0.3) is 0 Å². The summed E-state index contributed by atoms with van der Waals surface area (Å²) < 4.78 is 0. The average molecular weight is 246 g/mol. The quantitative estimate of drug-likeness (QED) is 0.809. The molecule has 2 unspecified atom stereocenters. The van der Waals surface area contributed by atoms with E-state index in [-0.39, 0.29) is 29.0 Å². The van der Waals surface area contributed by atoms with E-state index < -0.39 is 11.9 Å². The van der Waals surface area contributed by atoms with Gasteiger partial charge in [-0.15, -0.1) is 0 Å². The summed E-state index contributed by atoms with van der Waals surface area (Å²) in [6.07, 6.45) is 0. The molecule has 18 heavy (non-hydrogen) atoms. The fourth-order valence-corrected chi connectivity index (χ4v) is 2.31. The van der Waals surface area contributed by atoms with Gasteiger partial charge in [0.1, 0.15) is 5.92 Å². The molecule has 94 valence electrons. The van der Waals surface area contributed by atoms with Crippen molar-refractivity contribution in [3.05, 3.63) is 35.4 Å². The maximum absolute atomic E-state index is 12.0. The maximum Gasteiger partial charge on any atom is 0.335 e. The largest absolute Gasteiger partial charge is 0.478 e. The number of aromatic carboxylic acids is 1. The van der Waals surface area contributed by atoms with E-state index in [1.54, 1.807) is 26.0 Å². The monoisotopic (exact) mass is 246 g/mol. The molecule has 2 atom stereocenters. The number of carbonyl (C=O) groups excluding carboxylic acids is 2. The summed E-state index contributed by atoms with van der Waals surface area (Å²) in [6, 6.07) is 5.95. The fourth-order valence-electron chi connectivity index (χ4n) is 2.31. The normalized spacial score (nSPS) is 27.6. The first-order chi connectivity index (χ1) is 8.43. The smallest absolute Gasteiger partial charge is 0.335 e. The van der Waals surface area contributed by atoms with Crippen LogP contribution in [0.15, 0.2) is 24.3 Å². The van der Waals surface area contributed by atoms with Crippen LogP contribution < -0.4 is 0 Å². The van der Waals surface area contributed by atoms with Gasteiger partial charge in [-0.3, -0.25) is 9.59 Å². The summed E-state index contributed by atoms with van der Waals surface area (Å²) in [5.41, 5.74) is 0.740. The third kappa shape index (κ3) is 1.83. The van der Waals surface area contributed by atoms with Crippen LogP contribution in [-0.4, -0.2) is 22.6 Å². The van der Waals surface area contributed by atoms with Crippen molar-refractivity contribution in [2.24, 2.45) is 11.8 Å².